The summed E-state index contributed by atoms with van der Waals surface area (Å²) in [6.45, 7) is 0. The van der Waals surface area contributed by atoms with Crippen LogP contribution in [0.3, 0.4) is 0 Å². The molecule has 1 aromatic carbocycles. The van der Waals surface area contributed by atoms with E-state index in [1.807, 2.05) is 24.3 Å². The second-order valence-corrected chi connectivity index (χ2v) is 3.96. The normalized spacial score (nSPS) is 10.9. The van der Waals surface area contributed by atoms with Crippen molar-refractivity contribution in [1.29, 1.82) is 0 Å². The lowest BCUT2D eigenvalue weighted by Gasteiger charge is -2.03. The van der Waals surface area contributed by atoms with Gasteiger partial charge in [-0.15, -0.1) is 0 Å². The third-order valence-electron chi connectivity index (χ3n) is 2.61. The minimum Gasteiger partial charge on any atom is -0.396 e. The molecule has 2 heterocycles. The number of rotatable bonds is 1. The van der Waals surface area contributed by atoms with E-state index in [1.165, 1.54) is 0 Å². The molecule has 0 amide bonds. The van der Waals surface area contributed by atoms with Crippen LogP contribution < -0.4 is 5.73 Å². The largest absolute Gasteiger partial charge is 0.396 e. The molecule has 0 bridgehead atoms. The number of para-hydroxylation sites is 1. The summed E-state index contributed by atoms with van der Waals surface area (Å²) in [6.07, 6.45) is 3.34. The number of nitrogens with zero attached hydrogens (tertiary/aromatic N) is 3. The number of halogens is 1. The summed E-state index contributed by atoms with van der Waals surface area (Å²) in [7, 11) is 0. The molecule has 3 rings (SSSR count). The molecule has 0 fully saturated rings. The van der Waals surface area contributed by atoms with E-state index in [0.717, 1.165) is 10.9 Å². The number of nitrogens with two attached hydrogens (primary N) is 1. The molecule has 5 heteroatoms. The predicted molar refractivity (Wildman–Crippen MR) is 68.3 cm³/mol. The predicted octanol–water partition coefficient (Wildman–Crippen LogP) is 2.66. The monoisotopic (exact) mass is 244 g/mol. The van der Waals surface area contributed by atoms with Crippen molar-refractivity contribution < 1.29 is 0 Å². The molecular formula is C12H9ClN4. The Morgan fingerprint density at radius 1 is 1.06 bits per heavy atom. The molecule has 0 aliphatic carbocycles. The van der Waals surface area contributed by atoms with Crippen LogP contribution in [0.25, 0.3) is 16.9 Å². The van der Waals surface area contributed by atoms with Gasteiger partial charge in [-0.3, -0.25) is 4.57 Å². The van der Waals surface area contributed by atoms with Crippen LogP contribution in [-0.2, 0) is 0 Å². The van der Waals surface area contributed by atoms with Gasteiger partial charge in [-0.05, 0) is 12.1 Å². The van der Waals surface area contributed by atoms with Crippen LogP contribution >= 0.6 is 11.6 Å². The molecule has 84 valence electrons. The summed E-state index contributed by atoms with van der Waals surface area (Å²) in [5.74, 6) is 0.519. The van der Waals surface area contributed by atoms with E-state index in [0.29, 0.717) is 16.8 Å². The van der Waals surface area contributed by atoms with Crippen LogP contribution in [0.2, 0.25) is 5.15 Å². The zero-order valence-corrected chi connectivity index (χ0v) is 9.59. The molecule has 0 saturated heterocycles. The summed E-state index contributed by atoms with van der Waals surface area (Å²) in [4.78, 5) is 8.37. The van der Waals surface area contributed by atoms with Crippen molar-refractivity contribution >= 4 is 28.2 Å². The topological polar surface area (TPSA) is 56.7 Å². The Morgan fingerprint density at radius 2 is 1.76 bits per heavy atom. The highest BCUT2D eigenvalue weighted by molar-refractivity contribution is 6.34. The van der Waals surface area contributed by atoms with Crippen molar-refractivity contribution in [3.8, 4) is 5.95 Å². The first-order valence-electron chi connectivity index (χ1n) is 5.11. The van der Waals surface area contributed by atoms with Crippen LogP contribution in [0.5, 0.6) is 0 Å². The van der Waals surface area contributed by atoms with Crippen molar-refractivity contribution in [3.05, 3.63) is 47.9 Å². The summed E-state index contributed by atoms with van der Waals surface area (Å²) in [6, 6.07) is 9.47. The van der Waals surface area contributed by atoms with Gasteiger partial charge in [0.15, 0.2) is 0 Å². The zero-order valence-electron chi connectivity index (χ0n) is 8.84. The Hall–Kier alpha value is -2.07. The van der Waals surface area contributed by atoms with Gasteiger partial charge in [-0.2, -0.15) is 0 Å². The van der Waals surface area contributed by atoms with Crippen molar-refractivity contribution in [2.24, 2.45) is 0 Å². The van der Waals surface area contributed by atoms with E-state index in [1.54, 1.807) is 23.0 Å². The van der Waals surface area contributed by atoms with Crippen LogP contribution in [0.1, 0.15) is 0 Å². The van der Waals surface area contributed by atoms with E-state index in [-0.39, 0.29) is 0 Å². The average molecular weight is 245 g/mol. The fraction of sp³-hybridized carbons (Fsp3) is 0. The first kappa shape index (κ1) is 10.1. The lowest BCUT2D eigenvalue weighted by molar-refractivity contribution is 0.963. The van der Waals surface area contributed by atoms with Crippen LogP contribution in [0, 0.1) is 0 Å². The number of aromatic nitrogens is 3. The molecule has 0 aliphatic rings. The maximum Gasteiger partial charge on any atom is 0.235 e. The molecule has 0 aliphatic heterocycles. The maximum atomic E-state index is 6.23. The highest BCUT2D eigenvalue weighted by Gasteiger charge is 2.15. The first-order valence-corrected chi connectivity index (χ1v) is 5.48. The second kappa shape index (κ2) is 3.75. The van der Waals surface area contributed by atoms with Gasteiger partial charge in [0.2, 0.25) is 5.95 Å². The second-order valence-electron chi connectivity index (χ2n) is 3.61. The highest BCUT2D eigenvalue weighted by atomic mass is 35.5. The van der Waals surface area contributed by atoms with E-state index >= 15 is 0 Å². The molecule has 17 heavy (non-hydrogen) atoms. The number of hydrogen-bond donors (Lipinski definition) is 1. The molecule has 0 atom stereocenters. The van der Waals surface area contributed by atoms with Gasteiger partial charge in [0.05, 0.1) is 11.2 Å². The minimum atomic E-state index is 0.442. The Labute approximate surface area is 103 Å². The lowest BCUT2D eigenvalue weighted by atomic mass is 10.2. The van der Waals surface area contributed by atoms with Gasteiger partial charge in [0.1, 0.15) is 5.15 Å². The SMILES string of the molecule is Nc1c(Cl)n(-c2ncccn2)c2ccccc12. The Bertz CT molecular complexity index is 676. The van der Waals surface area contributed by atoms with Crippen molar-refractivity contribution in [3.63, 3.8) is 0 Å². The van der Waals surface area contributed by atoms with E-state index in [9.17, 15) is 0 Å². The fourth-order valence-electron chi connectivity index (χ4n) is 1.84. The molecule has 3 aromatic rings. The molecule has 0 unspecified atom stereocenters. The van der Waals surface area contributed by atoms with Gasteiger partial charge in [-0.1, -0.05) is 29.8 Å². The number of hydrogen-bond acceptors (Lipinski definition) is 3. The quantitative estimate of drug-likeness (QED) is 0.716. The van der Waals surface area contributed by atoms with Gasteiger partial charge >= 0.3 is 0 Å². The molecule has 4 nitrogen and oxygen atoms in total. The van der Waals surface area contributed by atoms with Crippen molar-refractivity contribution in [1.82, 2.24) is 14.5 Å². The Morgan fingerprint density at radius 3 is 2.53 bits per heavy atom. The molecule has 0 radical (unpaired) electrons. The van der Waals surface area contributed by atoms with E-state index < -0.39 is 0 Å². The van der Waals surface area contributed by atoms with Gasteiger partial charge in [-0.25, -0.2) is 9.97 Å². The lowest BCUT2D eigenvalue weighted by Crippen LogP contribution is -1.99. The fourth-order valence-corrected chi connectivity index (χ4v) is 2.10. The summed E-state index contributed by atoms with van der Waals surface area (Å²) in [5.41, 5.74) is 7.42. The number of nitrogen functional groups attached to an aromatic ring is 1. The minimum absolute atomic E-state index is 0.442. The summed E-state index contributed by atoms with van der Waals surface area (Å²) >= 11 is 6.23. The maximum absolute atomic E-state index is 6.23. The van der Waals surface area contributed by atoms with Crippen molar-refractivity contribution in [2.45, 2.75) is 0 Å². The van der Waals surface area contributed by atoms with E-state index in [4.69, 9.17) is 17.3 Å². The smallest absolute Gasteiger partial charge is 0.235 e. The molecule has 0 saturated carbocycles. The van der Waals surface area contributed by atoms with Crippen LogP contribution in [-0.4, -0.2) is 14.5 Å². The van der Waals surface area contributed by atoms with Gasteiger partial charge in [0, 0.05) is 17.8 Å². The zero-order chi connectivity index (χ0) is 11.8. The first-order chi connectivity index (χ1) is 8.29. The summed E-state index contributed by atoms with van der Waals surface area (Å²) in [5, 5.41) is 1.35. The molecule has 0 spiro atoms. The molecular weight excluding hydrogens is 236 g/mol. The van der Waals surface area contributed by atoms with E-state index in [2.05, 4.69) is 9.97 Å². The summed E-state index contributed by atoms with van der Waals surface area (Å²) < 4.78 is 1.74. The Balaban J connectivity index is 2.41. The third-order valence-corrected chi connectivity index (χ3v) is 2.98. The Kier molecular flexibility index (Phi) is 2.23. The van der Waals surface area contributed by atoms with Crippen LogP contribution in [0.15, 0.2) is 42.7 Å². The van der Waals surface area contributed by atoms with Crippen molar-refractivity contribution in [2.75, 3.05) is 5.73 Å². The van der Waals surface area contributed by atoms with Gasteiger partial charge in [0.25, 0.3) is 0 Å². The molecule has 2 aromatic heterocycles. The van der Waals surface area contributed by atoms with Gasteiger partial charge < -0.3 is 5.73 Å². The average Bonchev–Trinajstić information content (AvgIpc) is 2.64. The number of anilines is 1. The third kappa shape index (κ3) is 1.45. The van der Waals surface area contributed by atoms with Crippen LogP contribution in [0.4, 0.5) is 5.69 Å². The standard InChI is InChI=1S/C12H9ClN4/c13-11-10(14)8-4-1-2-5-9(8)17(11)12-15-6-3-7-16-12/h1-7H,14H2. The highest BCUT2D eigenvalue weighted by Crippen LogP contribution is 2.33. The number of fused-ring (bicyclic) bond motifs is 1. The number of benzene rings is 1. The molecule has 2 N–H and O–H groups in total.